The highest BCUT2D eigenvalue weighted by molar-refractivity contribution is 5.82. The summed E-state index contributed by atoms with van der Waals surface area (Å²) in [4.78, 5) is 33.7. The van der Waals surface area contributed by atoms with Crippen LogP contribution in [-0.4, -0.2) is 47.8 Å². The molecule has 0 aromatic carbocycles. The summed E-state index contributed by atoms with van der Waals surface area (Å²) in [5.74, 6) is -4.13. The topological polar surface area (TPSA) is 96.7 Å². The van der Waals surface area contributed by atoms with Gasteiger partial charge in [0, 0.05) is 6.92 Å². The molecule has 1 amide bonds. The minimum Gasteiger partial charge on any atom is -0.456 e. The second kappa shape index (κ2) is 5.77. The smallest absolute Gasteiger partial charge is 0.456 e. The number of rotatable bonds is 3. The Labute approximate surface area is 110 Å². The summed E-state index contributed by atoms with van der Waals surface area (Å²) in [6.07, 6.45) is -8.86. The number of carbonyl (C=O) groups is 3. The number of carbonyl (C=O) groups excluding carboxylic acids is 3. The van der Waals surface area contributed by atoms with Gasteiger partial charge in [-0.25, -0.2) is 4.79 Å². The molecule has 0 saturated carbocycles. The maximum absolute atomic E-state index is 12.2. The van der Waals surface area contributed by atoms with Crippen LogP contribution in [0.2, 0.25) is 0 Å². The zero-order valence-corrected chi connectivity index (χ0v) is 10.1. The van der Waals surface area contributed by atoms with E-state index < -0.39 is 49.3 Å². The first-order chi connectivity index (χ1) is 9.16. The molecule has 2 atom stereocenters. The molecular weight excluding hydrogens is 285 g/mol. The Bertz CT molecular complexity index is 470. The molecule has 7 nitrogen and oxygen atoms in total. The van der Waals surface area contributed by atoms with Crippen molar-refractivity contribution in [3.8, 4) is 6.07 Å². The molecule has 0 aromatic rings. The van der Waals surface area contributed by atoms with Gasteiger partial charge in [-0.2, -0.15) is 18.4 Å². The minimum atomic E-state index is -5.26. The number of hydrogen-bond acceptors (Lipinski definition) is 6. The van der Waals surface area contributed by atoms with Crippen LogP contribution in [0.3, 0.4) is 0 Å². The number of nitrogens with zero attached hydrogens (tertiary/aromatic N) is 2. The highest BCUT2D eigenvalue weighted by Gasteiger charge is 2.49. The molecule has 10 heteroatoms. The molecule has 0 aliphatic carbocycles. The molecule has 1 fully saturated rings. The fraction of sp³-hybridized carbons (Fsp3) is 0.600. The summed E-state index contributed by atoms with van der Waals surface area (Å²) in [6, 6.07) is 1.55. The van der Waals surface area contributed by atoms with Gasteiger partial charge in [0.25, 0.3) is 0 Å². The van der Waals surface area contributed by atoms with E-state index in [1.807, 2.05) is 0 Å². The largest absolute Gasteiger partial charge is 0.491 e. The third-order valence-electron chi connectivity index (χ3n) is 2.34. The van der Waals surface area contributed by atoms with Crippen molar-refractivity contribution in [3.63, 3.8) is 0 Å². The predicted octanol–water partition coefficient (Wildman–Crippen LogP) is 0.106. The Morgan fingerprint density at radius 3 is 2.50 bits per heavy atom. The van der Waals surface area contributed by atoms with E-state index in [0.717, 1.165) is 6.92 Å². The van der Waals surface area contributed by atoms with Crippen molar-refractivity contribution in [1.82, 2.24) is 4.90 Å². The zero-order valence-electron chi connectivity index (χ0n) is 10.1. The minimum absolute atomic E-state index is 0.461. The van der Waals surface area contributed by atoms with Gasteiger partial charge in [-0.1, -0.05) is 0 Å². The van der Waals surface area contributed by atoms with Crippen LogP contribution in [0.5, 0.6) is 0 Å². The second-order valence-corrected chi connectivity index (χ2v) is 3.83. The van der Waals surface area contributed by atoms with E-state index in [-0.39, 0.29) is 0 Å². The van der Waals surface area contributed by atoms with Crippen molar-refractivity contribution in [2.45, 2.75) is 31.9 Å². The molecule has 0 bridgehead atoms. The molecule has 0 spiro atoms. The molecular formula is C10H9F3N2O5. The molecule has 1 saturated heterocycles. The monoisotopic (exact) mass is 294 g/mol. The quantitative estimate of drug-likeness (QED) is 0.541. The molecule has 0 aromatic heterocycles. The van der Waals surface area contributed by atoms with Crippen molar-refractivity contribution in [2.75, 3.05) is 6.54 Å². The lowest BCUT2D eigenvalue weighted by molar-refractivity contribution is -0.217. The first-order valence-corrected chi connectivity index (χ1v) is 5.28. The normalized spacial score (nSPS) is 22.4. The van der Waals surface area contributed by atoms with Crippen LogP contribution in [0.15, 0.2) is 0 Å². The Hall–Kier alpha value is -2.31. The lowest BCUT2D eigenvalue weighted by Crippen LogP contribution is -2.44. The lowest BCUT2D eigenvalue weighted by atomic mass is 10.3. The summed E-state index contributed by atoms with van der Waals surface area (Å²) in [5.41, 5.74) is 0. The molecule has 1 heterocycles. The van der Waals surface area contributed by atoms with Gasteiger partial charge in [0.1, 0.15) is 6.54 Å². The number of ether oxygens (including phenoxy) is 2. The van der Waals surface area contributed by atoms with Crippen LogP contribution in [0.1, 0.15) is 13.3 Å². The number of halogens is 3. The van der Waals surface area contributed by atoms with E-state index in [0.29, 0.717) is 4.90 Å². The first kappa shape index (κ1) is 15.7. The molecule has 110 valence electrons. The number of nitriles is 1. The van der Waals surface area contributed by atoms with Crippen molar-refractivity contribution in [1.29, 1.82) is 5.26 Å². The predicted molar refractivity (Wildman–Crippen MR) is 53.4 cm³/mol. The number of hydrogen-bond donors (Lipinski definition) is 0. The summed E-state index contributed by atoms with van der Waals surface area (Å²) >= 11 is 0. The zero-order chi connectivity index (χ0) is 15.5. The Morgan fingerprint density at radius 1 is 1.45 bits per heavy atom. The van der Waals surface area contributed by atoms with Crippen molar-refractivity contribution < 1.29 is 37.0 Å². The summed E-state index contributed by atoms with van der Waals surface area (Å²) in [5, 5.41) is 8.51. The van der Waals surface area contributed by atoms with Gasteiger partial charge in [-0.3, -0.25) is 14.5 Å². The number of amides is 1. The summed E-state index contributed by atoms with van der Waals surface area (Å²) < 4.78 is 45.2. The average molecular weight is 294 g/mol. The summed E-state index contributed by atoms with van der Waals surface area (Å²) in [7, 11) is 0. The van der Waals surface area contributed by atoms with E-state index in [2.05, 4.69) is 9.47 Å². The van der Waals surface area contributed by atoms with E-state index in [4.69, 9.17) is 5.26 Å². The number of likely N-dealkylation sites (tertiary alicyclic amines) is 1. The van der Waals surface area contributed by atoms with E-state index in [1.165, 1.54) is 0 Å². The van der Waals surface area contributed by atoms with Gasteiger partial charge in [-0.05, 0) is 0 Å². The average Bonchev–Trinajstić information content (AvgIpc) is 2.55. The maximum Gasteiger partial charge on any atom is 0.491 e. The van der Waals surface area contributed by atoms with Crippen LogP contribution < -0.4 is 0 Å². The van der Waals surface area contributed by atoms with Crippen LogP contribution in [-0.2, 0) is 23.9 Å². The summed E-state index contributed by atoms with van der Waals surface area (Å²) in [6.45, 7) is 0.395. The Balaban J connectivity index is 2.92. The third kappa shape index (κ3) is 3.59. The fourth-order valence-corrected chi connectivity index (χ4v) is 1.62. The van der Waals surface area contributed by atoms with Gasteiger partial charge in [0.2, 0.25) is 12.1 Å². The van der Waals surface area contributed by atoms with E-state index in [1.54, 1.807) is 6.07 Å². The second-order valence-electron chi connectivity index (χ2n) is 3.83. The molecule has 0 unspecified atom stereocenters. The first-order valence-electron chi connectivity index (χ1n) is 5.28. The van der Waals surface area contributed by atoms with Crippen molar-refractivity contribution >= 4 is 17.8 Å². The van der Waals surface area contributed by atoms with E-state index in [9.17, 15) is 27.6 Å². The number of alkyl halides is 3. The molecule has 1 aliphatic rings. The molecule has 1 rings (SSSR count). The van der Waals surface area contributed by atoms with Gasteiger partial charge in [0.05, 0.1) is 12.5 Å². The highest BCUT2D eigenvalue weighted by Crippen LogP contribution is 2.26. The van der Waals surface area contributed by atoms with Gasteiger partial charge in [0.15, 0.2) is 6.10 Å². The van der Waals surface area contributed by atoms with Crippen LogP contribution in [0, 0.1) is 11.3 Å². The fourth-order valence-electron chi connectivity index (χ4n) is 1.62. The molecule has 20 heavy (non-hydrogen) atoms. The van der Waals surface area contributed by atoms with Gasteiger partial charge >= 0.3 is 18.1 Å². The maximum atomic E-state index is 12.2. The Kier molecular flexibility index (Phi) is 4.54. The highest BCUT2D eigenvalue weighted by atomic mass is 19.4. The third-order valence-corrected chi connectivity index (χ3v) is 2.34. The number of esters is 2. The van der Waals surface area contributed by atoms with E-state index >= 15 is 0 Å². The van der Waals surface area contributed by atoms with Crippen LogP contribution >= 0.6 is 0 Å². The standard InChI is InChI=1S/C10H9F3N2O5/c1-5(16)19-6-4-7(17)15(3-2-14)8(6)20-9(18)10(11,12)13/h6,8H,3-4H2,1H3/t6-,8+/m1/s1. The van der Waals surface area contributed by atoms with Crippen molar-refractivity contribution in [3.05, 3.63) is 0 Å². The van der Waals surface area contributed by atoms with Gasteiger partial charge < -0.3 is 9.47 Å². The molecule has 0 N–H and O–H groups in total. The van der Waals surface area contributed by atoms with Gasteiger partial charge in [-0.15, -0.1) is 0 Å². The van der Waals surface area contributed by atoms with Crippen LogP contribution in [0.4, 0.5) is 13.2 Å². The van der Waals surface area contributed by atoms with Crippen LogP contribution in [0.25, 0.3) is 0 Å². The molecule has 0 radical (unpaired) electrons. The Morgan fingerprint density at radius 2 is 2.05 bits per heavy atom. The molecule has 1 aliphatic heterocycles. The SMILES string of the molecule is CC(=O)O[C@@H]1CC(=O)N(CC#N)[C@H]1OC(=O)C(F)(F)F. The lowest BCUT2D eigenvalue weighted by Gasteiger charge is -2.25. The van der Waals surface area contributed by atoms with Crippen molar-refractivity contribution in [2.24, 2.45) is 0 Å².